The molecule has 1 heterocycles. The van der Waals surface area contributed by atoms with Crippen molar-refractivity contribution >= 4 is 11.3 Å². The zero-order valence-electron chi connectivity index (χ0n) is 11.8. The van der Waals surface area contributed by atoms with Crippen LogP contribution < -0.4 is 0 Å². The molecule has 0 unspecified atom stereocenters. The molecule has 0 bridgehead atoms. The molecule has 0 spiro atoms. The highest BCUT2D eigenvalue weighted by atomic mass is 32.1. The number of rotatable bonds is 2. The zero-order valence-corrected chi connectivity index (χ0v) is 12.6. The number of aryl methyl sites for hydroxylation is 2. The molecule has 0 amide bonds. The quantitative estimate of drug-likeness (QED) is 0.546. The predicted octanol–water partition coefficient (Wildman–Crippen LogP) is 5.98. The maximum atomic E-state index is 14.3. The molecule has 0 atom stereocenters. The van der Waals surface area contributed by atoms with Gasteiger partial charge in [0.2, 0.25) is 0 Å². The van der Waals surface area contributed by atoms with Gasteiger partial charge in [-0.3, -0.25) is 0 Å². The van der Waals surface area contributed by atoms with Gasteiger partial charge in [-0.2, -0.15) is 0 Å². The molecule has 1 aromatic heterocycles. The Bertz CT molecular complexity index is 803. The second-order valence-corrected chi connectivity index (χ2v) is 6.38. The van der Waals surface area contributed by atoms with Crippen LogP contribution in [0.1, 0.15) is 10.4 Å². The molecule has 0 aliphatic heterocycles. The van der Waals surface area contributed by atoms with Crippen LogP contribution in [0.5, 0.6) is 0 Å². The fourth-order valence-electron chi connectivity index (χ4n) is 2.32. The van der Waals surface area contributed by atoms with Crippen molar-refractivity contribution in [1.29, 1.82) is 0 Å². The predicted molar refractivity (Wildman–Crippen MR) is 84.6 cm³/mol. The summed E-state index contributed by atoms with van der Waals surface area (Å²) in [5, 5.41) is 0. The van der Waals surface area contributed by atoms with Crippen LogP contribution in [0.15, 0.2) is 48.5 Å². The van der Waals surface area contributed by atoms with E-state index < -0.39 is 0 Å². The van der Waals surface area contributed by atoms with Gasteiger partial charge in [0, 0.05) is 20.9 Å². The normalized spacial score (nSPS) is 10.9. The van der Waals surface area contributed by atoms with Crippen LogP contribution in [0.2, 0.25) is 0 Å². The lowest BCUT2D eigenvalue weighted by Crippen LogP contribution is -1.88. The molecule has 0 fully saturated rings. The van der Waals surface area contributed by atoms with Crippen molar-refractivity contribution in [2.24, 2.45) is 0 Å². The number of halogens is 2. The smallest absolute Gasteiger partial charge is 0.132 e. The first-order valence-corrected chi connectivity index (χ1v) is 7.49. The Morgan fingerprint density at radius 1 is 0.762 bits per heavy atom. The highest BCUT2D eigenvalue weighted by Gasteiger charge is 2.11. The van der Waals surface area contributed by atoms with Crippen molar-refractivity contribution in [2.45, 2.75) is 13.8 Å². The monoisotopic (exact) mass is 300 g/mol. The summed E-state index contributed by atoms with van der Waals surface area (Å²) in [7, 11) is 0. The van der Waals surface area contributed by atoms with Crippen LogP contribution in [0.4, 0.5) is 8.78 Å². The van der Waals surface area contributed by atoms with Crippen LogP contribution in [-0.2, 0) is 0 Å². The van der Waals surface area contributed by atoms with E-state index in [-0.39, 0.29) is 11.6 Å². The van der Waals surface area contributed by atoms with E-state index in [1.54, 1.807) is 29.5 Å². The Labute approximate surface area is 126 Å². The third-order valence-corrected chi connectivity index (χ3v) is 4.44. The van der Waals surface area contributed by atoms with Gasteiger partial charge in [0.25, 0.3) is 0 Å². The molecule has 21 heavy (non-hydrogen) atoms. The molecule has 0 saturated heterocycles. The van der Waals surface area contributed by atoms with Crippen molar-refractivity contribution in [2.75, 3.05) is 0 Å². The minimum Gasteiger partial charge on any atom is -0.206 e. The standard InChI is InChI=1S/C18H14F2S/c1-11-3-6-14(16(19)9-11)13-5-7-15(17(20)10-13)18-8-4-12(2)21-18/h3-10H,1-2H3. The van der Waals surface area contributed by atoms with E-state index in [2.05, 4.69) is 0 Å². The summed E-state index contributed by atoms with van der Waals surface area (Å²) in [5.41, 5.74) is 2.39. The molecule has 0 aliphatic rings. The van der Waals surface area contributed by atoms with Crippen LogP contribution >= 0.6 is 11.3 Å². The second-order valence-electron chi connectivity index (χ2n) is 5.09. The van der Waals surface area contributed by atoms with Gasteiger partial charge < -0.3 is 0 Å². The van der Waals surface area contributed by atoms with Gasteiger partial charge in [-0.15, -0.1) is 11.3 Å². The van der Waals surface area contributed by atoms with Gasteiger partial charge in [-0.05, 0) is 55.3 Å². The summed E-state index contributed by atoms with van der Waals surface area (Å²) >= 11 is 1.55. The first-order valence-electron chi connectivity index (χ1n) is 6.67. The molecule has 0 radical (unpaired) electrons. The van der Waals surface area contributed by atoms with E-state index in [1.807, 2.05) is 32.0 Å². The highest BCUT2D eigenvalue weighted by Crippen LogP contribution is 2.33. The van der Waals surface area contributed by atoms with Crippen LogP contribution in [0, 0.1) is 25.5 Å². The summed E-state index contributed by atoms with van der Waals surface area (Å²) in [6, 6.07) is 13.7. The van der Waals surface area contributed by atoms with Crippen molar-refractivity contribution in [1.82, 2.24) is 0 Å². The van der Waals surface area contributed by atoms with E-state index in [4.69, 9.17) is 0 Å². The van der Waals surface area contributed by atoms with Gasteiger partial charge in [-0.25, -0.2) is 8.78 Å². The van der Waals surface area contributed by atoms with Crippen LogP contribution in [0.3, 0.4) is 0 Å². The molecule has 0 saturated carbocycles. The molecule has 106 valence electrons. The third-order valence-electron chi connectivity index (χ3n) is 3.41. The first-order chi connectivity index (χ1) is 10.0. The van der Waals surface area contributed by atoms with Gasteiger partial charge >= 0.3 is 0 Å². The topological polar surface area (TPSA) is 0 Å². The Morgan fingerprint density at radius 2 is 1.48 bits per heavy atom. The SMILES string of the molecule is Cc1ccc(-c2ccc(-c3ccc(C)s3)c(F)c2)c(F)c1. The van der Waals surface area contributed by atoms with E-state index in [1.165, 1.54) is 12.1 Å². The Morgan fingerprint density at radius 3 is 2.10 bits per heavy atom. The lowest BCUT2D eigenvalue weighted by Gasteiger charge is -2.07. The van der Waals surface area contributed by atoms with Crippen molar-refractivity contribution in [3.05, 3.63) is 70.6 Å². The highest BCUT2D eigenvalue weighted by molar-refractivity contribution is 7.15. The number of hydrogen-bond acceptors (Lipinski definition) is 1. The molecular weight excluding hydrogens is 286 g/mol. The maximum absolute atomic E-state index is 14.3. The maximum Gasteiger partial charge on any atom is 0.132 e. The molecule has 0 aliphatic carbocycles. The molecule has 3 heteroatoms. The zero-order chi connectivity index (χ0) is 15.0. The fraction of sp³-hybridized carbons (Fsp3) is 0.111. The Balaban J connectivity index is 2.05. The Hall–Kier alpha value is -2.00. The molecule has 0 nitrogen and oxygen atoms in total. The molecule has 3 rings (SSSR count). The number of benzene rings is 2. The number of thiophene rings is 1. The van der Waals surface area contributed by atoms with Crippen molar-refractivity contribution in [3.8, 4) is 21.6 Å². The molecule has 0 N–H and O–H groups in total. The summed E-state index contributed by atoms with van der Waals surface area (Å²) in [6.07, 6.45) is 0. The van der Waals surface area contributed by atoms with E-state index >= 15 is 0 Å². The van der Waals surface area contributed by atoms with Gasteiger partial charge in [0.15, 0.2) is 0 Å². The van der Waals surface area contributed by atoms with Gasteiger partial charge in [-0.1, -0.05) is 18.2 Å². The van der Waals surface area contributed by atoms with Crippen LogP contribution in [0.25, 0.3) is 21.6 Å². The van der Waals surface area contributed by atoms with E-state index in [0.717, 1.165) is 15.3 Å². The number of hydrogen-bond donors (Lipinski definition) is 0. The average Bonchev–Trinajstić information content (AvgIpc) is 2.85. The molecule has 3 aromatic rings. The minimum absolute atomic E-state index is 0.325. The van der Waals surface area contributed by atoms with E-state index in [9.17, 15) is 8.78 Å². The first kappa shape index (κ1) is 14.0. The molecule has 2 aromatic carbocycles. The average molecular weight is 300 g/mol. The van der Waals surface area contributed by atoms with Crippen molar-refractivity contribution in [3.63, 3.8) is 0 Å². The Kier molecular flexibility index (Phi) is 3.60. The molecular formula is C18H14F2S. The lowest BCUT2D eigenvalue weighted by atomic mass is 10.0. The van der Waals surface area contributed by atoms with E-state index in [0.29, 0.717) is 16.7 Å². The summed E-state index contributed by atoms with van der Waals surface area (Å²) in [5.74, 6) is -0.650. The summed E-state index contributed by atoms with van der Waals surface area (Å²) in [4.78, 5) is 2.03. The fourth-order valence-corrected chi connectivity index (χ4v) is 3.21. The second kappa shape index (κ2) is 5.41. The minimum atomic E-state index is -0.325. The van der Waals surface area contributed by atoms with Gasteiger partial charge in [0.05, 0.1) is 0 Å². The summed E-state index contributed by atoms with van der Waals surface area (Å²) < 4.78 is 28.3. The van der Waals surface area contributed by atoms with Crippen LogP contribution in [-0.4, -0.2) is 0 Å². The largest absolute Gasteiger partial charge is 0.206 e. The summed E-state index contributed by atoms with van der Waals surface area (Å²) in [6.45, 7) is 3.82. The third kappa shape index (κ3) is 2.74. The van der Waals surface area contributed by atoms with Crippen molar-refractivity contribution < 1.29 is 8.78 Å². The lowest BCUT2D eigenvalue weighted by molar-refractivity contribution is 0.626. The van der Waals surface area contributed by atoms with Gasteiger partial charge in [0.1, 0.15) is 11.6 Å².